The second-order valence-corrected chi connectivity index (χ2v) is 14.2. The maximum Gasteiger partial charge on any atom is 0.408 e. The molecule has 0 spiro atoms. The minimum Gasteiger partial charge on any atom is -0.497 e. The van der Waals surface area contributed by atoms with E-state index >= 15 is 0 Å². The Morgan fingerprint density at radius 2 is 2.02 bits per heavy atom. The van der Waals surface area contributed by atoms with Crippen molar-refractivity contribution in [1.29, 1.82) is 0 Å². The molecular weight excluding hydrogens is 624 g/mol. The first-order chi connectivity index (χ1) is 22.4. The van der Waals surface area contributed by atoms with Crippen molar-refractivity contribution < 1.29 is 38.1 Å². The van der Waals surface area contributed by atoms with Crippen molar-refractivity contribution in [2.24, 2.45) is 5.92 Å². The number of hydrogen-bond acceptors (Lipinski definition) is 10. The normalized spacial score (nSPS) is 27.3. The maximum atomic E-state index is 14.3. The molecular formula is C34H44N4O8S. The molecule has 0 radical (unpaired) electrons. The Morgan fingerprint density at radius 1 is 1.21 bits per heavy atom. The fourth-order valence-electron chi connectivity index (χ4n) is 5.98. The van der Waals surface area contributed by atoms with Crippen LogP contribution in [0.3, 0.4) is 0 Å². The van der Waals surface area contributed by atoms with Gasteiger partial charge in [-0.15, -0.1) is 0 Å². The molecule has 12 nitrogen and oxygen atoms in total. The van der Waals surface area contributed by atoms with E-state index in [-0.39, 0.29) is 25.5 Å². The summed E-state index contributed by atoms with van der Waals surface area (Å²) in [6.45, 7) is 7.21. The summed E-state index contributed by atoms with van der Waals surface area (Å²) in [5.41, 5.74) is -1.96. The van der Waals surface area contributed by atoms with Gasteiger partial charge in [0.25, 0.3) is 0 Å². The molecule has 1 unspecified atom stereocenters. The first kappa shape index (κ1) is 34.3. The quantitative estimate of drug-likeness (QED) is 0.342. The van der Waals surface area contributed by atoms with Crippen molar-refractivity contribution in [3.8, 4) is 11.6 Å². The molecule has 13 heteroatoms. The largest absolute Gasteiger partial charge is 0.497 e. The number of hydrogen-bond donors (Lipinski definition) is 2. The van der Waals surface area contributed by atoms with Crippen LogP contribution in [0.15, 0.2) is 42.6 Å². The average molecular weight is 669 g/mol. The Labute approximate surface area is 279 Å². The lowest BCUT2D eigenvalue weighted by Gasteiger charge is -2.30. The number of amides is 3. The fourth-order valence-corrected chi connectivity index (χ4v) is 6.98. The fraction of sp³-hybridized carbons (Fsp3) is 0.559. The van der Waals surface area contributed by atoms with Crippen LogP contribution in [-0.2, 0) is 23.9 Å². The molecule has 2 fully saturated rings. The Kier molecular flexibility index (Phi) is 10.5. The molecule has 0 bridgehead atoms. The van der Waals surface area contributed by atoms with E-state index in [1.54, 1.807) is 52.8 Å². The maximum absolute atomic E-state index is 14.3. The minimum absolute atomic E-state index is 0.0675. The van der Waals surface area contributed by atoms with Gasteiger partial charge < -0.3 is 34.5 Å². The highest BCUT2D eigenvalue weighted by Gasteiger charge is 2.62. The lowest BCUT2D eigenvalue weighted by Crippen LogP contribution is -2.57. The van der Waals surface area contributed by atoms with Crippen LogP contribution >= 0.6 is 11.8 Å². The number of thioether (sulfide) groups is 1. The number of nitrogens with one attached hydrogen (secondary N) is 2. The number of ether oxygens (including phenoxy) is 4. The zero-order valence-electron chi connectivity index (χ0n) is 27.6. The molecule has 2 aliphatic heterocycles. The molecule has 2 N–H and O–H groups in total. The van der Waals surface area contributed by atoms with Crippen molar-refractivity contribution in [2.75, 3.05) is 31.8 Å². The number of alkyl carbamates (subject to hydrolysis) is 1. The highest BCUT2D eigenvalue weighted by molar-refractivity contribution is 7.99. The van der Waals surface area contributed by atoms with Gasteiger partial charge >= 0.3 is 12.1 Å². The van der Waals surface area contributed by atoms with E-state index in [0.29, 0.717) is 23.8 Å². The van der Waals surface area contributed by atoms with Crippen LogP contribution in [0.25, 0.3) is 10.8 Å². The van der Waals surface area contributed by atoms with Crippen LogP contribution in [0.2, 0.25) is 0 Å². The lowest BCUT2D eigenvalue weighted by atomic mass is 10.1. The van der Waals surface area contributed by atoms with Crippen LogP contribution < -0.4 is 20.1 Å². The van der Waals surface area contributed by atoms with Gasteiger partial charge in [-0.2, -0.15) is 11.8 Å². The van der Waals surface area contributed by atoms with E-state index in [2.05, 4.69) is 15.6 Å². The predicted octanol–water partition coefficient (Wildman–Crippen LogP) is 4.01. The number of benzene rings is 1. The third kappa shape index (κ3) is 8.11. The van der Waals surface area contributed by atoms with Crippen molar-refractivity contribution in [1.82, 2.24) is 20.5 Å². The third-order valence-corrected chi connectivity index (χ3v) is 9.51. The third-order valence-electron chi connectivity index (χ3n) is 8.36. The number of carbonyl (C=O) groups is 4. The number of aromatic nitrogens is 1. The summed E-state index contributed by atoms with van der Waals surface area (Å²) in [5.74, 6) is 0.472. The molecule has 1 saturated heterocycles. The smallest absolute Gasteiger partial charge is 0.408 e. The zero-order valence-corrected chi connectivity index (χ0v) is 28.4. The van der Waals surface area contributed by atoms with Gasteiger partial charge in [-0.25, -0.2) is 14.6 Å². The van der Waals surface area contributed by atoms with E-state index < -0.39 is 53.2 Å². The molecule has 1 aromatic carbocycles. The lowest BCUT2D eigenvalue weighted by molar-refractivity contribution is -0.150. The van der Waals surface area contributed by atoms with Crippen LogP contribution in [0.4, 0.5) is 4.79 Å². The molecule has 1 aliphatic carbocycles. The molecule has 5 atom stereocenters. The Morgan fingerprint density at radius 3 is 2.77 bits per heavy atom. The van der Waals surface area contributed by atoms with Crippen molar-refractivity contribution >= 4 is 46.4 Å². The predicted molar refractivity (Wildman–Crippen MR) is 177 cm³/mol. The van der Waals surface area contributed by atoms with Gasteiger partial charge in [0.2, 0.25) is 17.7 Å². The van der Waals surface area contributed by atoms with E-state index in [9.17, 15) is 19.2 Å². The summed E-state index contributed by atoms with van der Waals surface area (Å²) in [5, 5.41) is 7.32. The van der Waals surface area contributed by atoms with E-state index in [4.69, 9.17) is 18.9 Å². The van der Waals surface area contributed by atoms with Crippen LogP contribution in [-0.4, -0.2) is 94.9 Å². The number of pyridine rings is 1. The number of nitrogens with zero attached hydrogens (tertiary/aromatic N) is 2. The molecule has 3 heterocycles. The van der Waals surface area contributed by atoms with Gasteiger partial charge in [0, 0.05) is 29.7 Å². The van der Waals surface area contributed by atoms with E-state index in [1.165, 1.54) is 4.90 Å². The number of rotatable bonds is 6. The second kappa shape index (κ2) is 14.4. The Hall–Kier alpha value is -4.00. The standard InChI is InChI=1S/C34H44N4O8S/c1-6-44-31(41)34-18-22(34)10-8-7-9-15-47-20-26(36-32(42)46-33(2,3)4)30(40)38-19-24(17-27(38)28(39)37-34)45-29-25-12-11-23(43-5)16-21(25)13-14-35-29/h8,10-14,16,22,24,26-27H,6-7,9,15,17-20H2,1-5H3,(H,36,42)(H,37,39)/b10-8-/t22-,24?,26+,27+,34-/m1/s1. The summed E-state index contributed by atoms with van der Waals surface area (Å²) in [6.07, 6.45) is 6.48. The summed E-state index contributed by atoms with van der Waals surface area (Å²) in [4.78, 5) is 60.3. The molecule has 1 aromatic heterocycles. The molecule has 47 heavy (non-hydrogen) atoms. The number of esters is 1. The van der Waals surface area contributed by atoms with Crippen molar-refractivity contribution in [3.05, 3.63) is 42.6 Å². The highest BCUT2D eigenvalue weighted by atomic mass is 32.2. The van der Waals surface area contributed by atoms with E-state index in [1.807, 2.05) is 36.4 Å². The van der Waals surface area contributed by atoms with Crippen LogP contribution in [0.5, 0.6) is 11.6 Å². The number of fused-ring (bicyclic) bond motifs is 3. The van der Waals surface area contributed by atoms with Gasteiger partial charge in [-0.1, -0.05) is 12.2 Å². The molecule has 254 valence electrons. The highest BCUT2D eigenvalue weighted by Crippen LogP contribution is 2.46. The van der Waals surface area contributed by atoms with E-state index in [0.717, 1.165) is 29.4 Å². The van der Waals surface area contributed by atoms with Gasteiger partial charge in [0.05, 0.1) is 20.3 Å². The van der Waals surface area contributed by atoms with Crippen molar-refractivity contribution in [3.63, 3.8) is 0 Å². The first-order valence-electron chi connectivity index (χ1n) is 16.1. The Balaban J connectivity index is 1.45. The number of methoxy groups -OCH3 is 1. The minimum atomic E-state index is -1.20. The molecule has 2 aromatic rings. The SMILES string of the molecule is CCOC(=O)[C@@]12C[C@H]1/C=C\CCCSC[C@H](NC(=O)OC(C)(C)C)C(=O)N1CC(Oc3nccc4cc(OC)ccc34)C[C@H]1C(=O)N2. The zero-order chi connectivity index (χ0) is 33.8. The summed E-state index contributed by atoms with van der Waals surface area (Å²) in [7, 11) is 1.59. The molecule has 3 amide bonds. The molecule has 5 rings (SSSR count). The molecule has 3 aliphatic rings. The van der Waals surface area contributed by atoms with Gasteiger partial charge in [-0.3, -0.25) is 9.59 Å². The number of carbonyl (C=O) groups excluding carboxylic acids is 4. The molecule has 1 saturated carbocycles. The summed E-state index contributed by atoms with van der Waals surface area (Å²) in [6, 6.07) is 5.45. The monoisotopic (exact) mass is 668 g/mol. The first-order valence-corrected chi connectivity index (χ1v) is 17.2. The Bertz CT molecular complexity index is 1530. The topological polar surface area (TPSA) is 145 Å². The average Bonchev–Trinajstić information content (AvgIpc) is 3.55. The van der Waals surface area contributed by atoms with Crippen LogP contribution in [0.1, 0.15) is 53.4 Å². The van der Waals surface area contributed by atoms with Crippen LogP contribution in [0, 0.1) is 5.92 Å². The second-order valence-electron chi connectivity index (χ2n) is 13.0. The van der Waals surface area contributed by atoms with Gasteiger partial charge in [0.15, 0.2) is 0 Å². The number of allylic oxidation sites excluding steroid dienone is 1. The van der Waals surface area contributed by atoms with Gasteiger partial charge in [-0.05, 0) is 82.4 Å². The van der Waals surface area contributed by atoms with Crippen molar-refractivity contribution in [2.45, 2.75) is 82.7 Å². The summed E-state index contributed by atoms with van der Waals surface area (Å²) < 4.78 is 22.6. The van der Waals surface area contributed by atoms with Gasteiger partial charge in [0.1, 0.15) is 35.1 Å². The summed E-state index contributed by atoms with van der Waals surface area (Å²) >= 11 is 1.54.